The van der Waals surface area contributed by atoms with Gasteiger partial charge in [-0.05, 0) is 49.2 Å². The van der Waals surface area contributed by atoms with Gasteiger partial charge in [0.15, 0.2) is 0 Å². The lowest BCUT2D eigenvalue weighted by molar-refractivity contribution is 0.0745. The molecule has 0 aliphatic carbocycles. The van der Waals surface area contributed by atoms with Gasteiger partial charge < -0.3 is 15.0 Å². The van der Waals surface area contributed by atoms with Crippen LogP contribution in [0.2, 0.25) is 10.0 Å². The Bertz CT molecular complexity index is 1380. The van der Waals surface area contributed by atoms with Crippen LogP contribution in [0.4, 0.5) is 4.39 Å². The Morgan fingerprint density at radius 1 is 1.16 bits per heavy atom. The number of halogens is 3. The molecule has 37 heavy (non-hydrogen) atoms. The summed E-state index contributed by atoms with van der Waals surface area (Å²) in [5.41, 5.74) is 1.02. The SMILES string of the molecule is CS(=O)(=O)OC(COc1ccc(Cl)c(F)c1)CN1CCC(NC(=O)c2ccc3cc(Cl)ccc3n2)CC1. The Balaban J connectivity index is 1.30. The Morgan fingerprint density at radius 2 is 1.92 bits per heavy atom. The minimum absolute atomic E-state index is 0.0347. The van der Waals surface area contributed by atoms with E-state index in [9.17, 15) is 17.6 Å². The molecule has 1 aromatic heterocycles. The Morgan fingerprint density at radius 3 is 2.62 bits per heavy atom. The summed E-state index contributed by atoms with van der Waals surface area (Å²) in [6.07, 6.45) is 1.52. The van der Waals surface area contributed by atoms with Crippen molar-refractivity contribution in [3.05, 3.63) is 70.1 Å². The number of rotatable bonds is 9. The smallest absolute Gasteiger partial charge is 0.270 e. The maximum Gasteiger partial charge on any atom is 0.270 e. The highest BCUT2D eigenvalue weighted by molar-refractivity contribution is 7.86. The Kier molecular flexibility index (Phi) is 8.86. The molecule has 0 radical (unpaired) electrons. The number of hydrogen-bond acceptors (Lipinski definition) is 7. The molecule has 1 aliphatic heterocycles. The molecule has 1 fully saturated rings. The van der Waals surface area contributed by atoms with Crippen molar-refractivity contribution in [2.75, 3.05) is 32.5 Å². The van der Waals surface area contributed by atoms with Crippen LogP contribution in [-0.4, -0.2) is 68.9 Å². The molecule has 3 aromatic rings. The summed E-state index contributed by atoms with van der Waals surface area (Å²) in [5.74, 6) is -0.667. The van der Waals surface area contributed by atoms with Gasteiger partial charge in [0.25, 0.3) is 16.0 Å². The summed E-state index contributed by atoms with van der Waals surface area (Å²) < 4.78 is 48.0. The van der Waals surface area contributed by atoms with Gasteiger partial charge in [-0.2, -0.15) is 8.42 Å². The molecular formula is C25H26Cl2FN3O5S. The first kappa shape index (κ1) is 27.5. The van der Waals surface area contributed by atoms with Crippen molar-refractivity contribution in [1.29, 1.82) is 0 Å². The van der Waals surface area contributed by atoms with Crippen molar-refractivity contribution in [2.45, 2.75) is 25.0 Å². The van der Waals surface area contributed by atoms with Gasteiger partial charge >= 0.3 is 0 Å². The van der Waals surface area contributed by atoms with E-state index in [0.717, 1.165) is 17.7 Å². The first-order valence-electron chi connectivity index (χ1n) is 11.6. The molecule has 1 atom stereocenters. The van der Waals surface area contributed by atoms with Crippen LogP contribution >= 0.6 is 23.2 Å². The van der Waals surface area contributed by atoms with E-state index in [4.69, 9.17) is 32.1 Å². The number of hydrogen-bond donors (Lipinski definition) is 1. The zero-order chi connectivity index (χ0) is 26.6. The number of ether oxygens (including phenoxy) is 1. The number of aromatic nitrogens is 1. The van der Waals surface area contributed by atoms with Gasteiger partial charge in [0, 0.05) is 42.2 Å². The van der Waals surface area contributed by atoms with Crippen LogP contribution in [0, 0.1) is 5.82 Å². The summed E-state index contributed by atoms with van der Waals surface area (Å²) in [6, 6.07) is 12.7. The number of benzene rings is 2. The summed E-state index contributed by atoms with van der Waals surface area (Å²) >= 11 is 11.7. The lowest BCUT2D eigenvalue weighted by atomic mass is 10.0. The van der Waals surface area contributed by atoms with Gasteiger partial charge in [-0.1, -0.05) is 29.3 Å². The van der Waals surface area contributed by atoms with Crippen LogP contribution in [0.5, 0.6) is 5.75 Å². The molecule has 1 amide bonds. The minimum atomic E-state index is -3.74. The molecule has 0 bridgehead atoms. The molecule has 1 aliphatic rings. The average molecular weight is 570 g/mol. The van der Waals surface area contributed by atoms with Crippen molar-refractivity contribution in [2.24, 2.45) is 0 Å². The zero-order valence-electron chi connectivity index (χ0n) is 20.0. The third-order valence-electron chi connectivity index (χ3n) is 5.91. The predicted molar refractivity (Wildman–Crippen MR) is 140 cm³/mol. The summed E-state index contributed by atoms with van der Waals surface area (Å²) in [7, 11) is -3.74. The highest BCUT2D eigenvalue weighted by Gasteiger charge is 2.26. The van der Waals surface area contributed by atoms with E-state index in [1.807, 2.05) is 11.0 Å². The molecule has 0 spiro atoms. The van der Waals surface area contributed by atoms with Crippen molar-refractivity contribution in [1.82, 2.24) is 15.2 Å². The van der Waals surface area contributed by atoms with Crippen LogP contribution in [0.15, 0.2) is 48.5 Å². The van der Waals surface area contributed by atoms with Gasteiger partial charge in [-0.15, -0.1) is 0 Å². The van der Waals surface area contributed by atoms with E-state index in [-0.39, 0.29) is 29.3 Å². The fraction of sp³-hybridized carbons (Fsp3) is 0.360. The second-order valence-electron chi connectivity index (χ2n) is 8.89. The monoisotopic (exact) mass is 569 g/mol. The fourth-order valence-corrected chi connectivity index (χ4v) is 5.05. The van der Waals surface area contributed by atoms with Crippen molar-refractivity contribution in [3.8, 4) is 5.75 Å². The number of piperidine rings is 1. The quantitative estimate of drug-likeness (QED) is 0.383. The lowest BCUT2D eigenvalue weighted by Crippen LogP contribution is -2.47. The molecule has 2 aromatic carbocycles. The highest BCUT2D eigenvalue weighted by Crippen LogP contribution is 2.22. The number of nitrogens with zero attached hydrogens (tertiary/aromatic N) is 2. The number of nitrogens with one attached hydrogen (secondary N) is 1. The number of carbonyl (C=O) groups excluding carboxylic acids is 1. The van der Waals surface area contributed by atoms with Gasteiger partial charge in [0.1, 0.15) is 30.0 Å². The zero-order valence-corrected chi connectivity index (χ0v) is 22.3. The Hall–Kier alpha value is -2.50. The predicted octanol–water partition coefficient (Wildman–Crippen LogP) is 4.30. The van der Waals surface area contributed by atoms with Gasteiger partial charge in [0.05, 0.1) is 16.8 Å². The topological polar surface area (TPSA) is 97.8 Å². The van der Waals surface area contributed by atoms with E-state index in [2.05, 4.69) is 10.3 Å². The maximum atomic E-state index is 13.7. The number of fused-ring (bicyclic) bond motifs is 1. The number of carbonyl (C=O) groups is 1. The normalized spacial score (nSPS) is 16.0. The summed E-state index contributed by atoms with van der Waals surface area (Å²) in [6.45, 7) is 1.43. The molecular weight excluding hydrogens is 544 g/mol. The van der Waals surface area contributed by atoms with Crippen molar-refractivity contribution < 1.29 is 26.5 Å². The van der Waals surface area contributed by atoms with Crippen LogP contribution < -0.4 is 10.1 Å². The molecule has 12 heteroatoms. The molecule has 2 heterocycles. The molecule has 0 saturated carbocycles. The van der Waals surface area contributed by atoms with E-state index in [1.54, 1.807) is 24.3 Å². The maximum absolute atomic E-state index is 13.7. The summed E-state index contributed by atoms with van der Waals surface area (Å²) in [4.78, 5) is 19.2. The highest BCUT2D eigenvalue weighted by atomic mass is 35.5. The van der Waals surface area contributed by atoms with Gasteiger partial charge in [-0.3, -0.25) is 8.98 Å². The largest absolute Gasteiger partial charge is 0.491 e. The Labute approximate surface area is 224 Å². The molecule has 198 valence electrons. The van der Waals surface area contributed by atoms with Crippen LogP contribution in [0.25, 0.3) is 10.9 Å². The first-order valence-corrected chi connectivity index (χ1v) is 14.2. The van der Waals surface area contributed by atoms with E-state index >= 15 is 0 Å². The molecule has 1 unspecified atom stereocenters. The van der Waals surface area contributed by atoms with Gasteiger partial charge in [0.2, 0.25) is 0 Å². The number of pyridine rings is 1. The van der Waals surface area contributed by atoms with Crippen molar-refractivity contribution >= 4 is 50.1 Å². The van der Waals surface area contributed by atoms with Crippen molar-refractivity contribution in [3.63, 3.8) is 0 Å². The number of amides is 1. The molecule has 8 nitrogen and oxygen atoms in total. The first-order chi connectivity index (χ1) is 17.6. The second-order valence-corrected chi connectivity index (χ2v) is 11.3. The third-order valence-corrected chi connectivity index (χ3v) is 7.07. The van der Waals surface area contributed by atoms with E-state index in [1.165, 1.54) is 12.1 Å². The second kappa shape index (κ2) is 11.9. The minimum Gasteiger partial charge on any atom is -0.491 e. The van der Waals surface area contributed by atoms with Gasteiger partial charge in [-0.25, -0.2) is 9.37 Å². The summed E-state index contributed by atoms with van der Waals surface area (Å²) in [5, 5.41) is 4.45. The fourth-order valence-electron chi connectivity index (χ4n) is 4.14. The average Bonchev–Trinajstić information content (AvgIpc) is 2.84. The number of likely N-dealkylation sites (tertiary alicyclic amines) is 1. The van der Waals surface area contributed by atoms with E-state index in [0.29, 0.717) is 48.7 Å². The molecule has 1 saturated heterocycles. The third kappa shape index (κ3) is 7.99. The van der Waals surface area contributed by atoms with Crippen LogP contribution in [0.1, 0.15) is 23.3 Å². The van der Waals surface area contributed by atoms with Crippen LogP contribution in [0.3, 0.4) is 0 Å². The molecule has 4 rings (SSSR count). The lowest BCUT2D eigenvalue weighted by Gasteiger charge is -2.34. The van der Waals surface area contributed by atoms with E-state index < -0.39 is 22.0 Å². The molecule has 1 N–H and O–H groups in total. The van der Waals surface area contributed by atoms with Crippen LogP contribution in [-0.2, 0) is 14.3 Å². The standard InChI is InChI=1S/C25H26Cl2FN3O5S/c1-37(33,34)36-20(15-35-19-4-5-21(27)22(28)13-19)14-31-10-8-18(9-11-31)29-25(32)24-6-2-16-12-17(26)3-7-23(16)30-24/h2-7,12-13,18,20H,8-11,14-15H2,1H3,(H,29,32).